The van der Waals surface area contributed by atoms with E-state index in [1.165, 1.54) is 11.1 Å². The normalized spacial score (nSPS) is 16.3. The summed E-state index contributed by atoms with van der Waals surface area (Å²) in [5.74, 6) is -0.769. The van der Waals surface area contributed by atoms with Gasteiger partial charge in [0.15, 0.2) is 0 Å². The van der Waals surface area contributed by atoms with Crippen LogP contribution in [0.25, 0.3) is 5.57 Å². The summed E-state index contributed by atoms with van der Waals surface area (Å²) < 4.78 is 52.2. The van der Waals surface area contributed by atoms with Crippen LogP contribution in [0.1, 0.15) is 29.3 Å². The minimum atomic E-state index is -4.53. The van der Waals surface area contributed by atoms with Crippen LogP contribution in [0.2, 0.25) is 0 Å². The maximum atomic E-state index is 14.5. The van der Waals surface area contributed by atoms with Crippen molar-refractivity contribution in [3.63, 3.8) is 0 Å². The molecule has 12 heteroatoms. The number of carbonyl (C=O) groups excluding carboxylic acids is 1. The first kappa shape index (κ1) is 23.6. The number of urea groups is 1. The number of anilines is 1. The zero-order chi connectivity index (χ0) is 23.5. The van der Waals surface area contributed by atoms with Crippen molar-refractivity contribution in [2.75, 3.05) is 25.0 Å². The molecule has 172 valence electrons. The lowest BCUT2D eigenvalue weighted by Crippen LogP contribution is -2.38. The van der Waals surface area contributed by atoms with Crippen molar-refractivity contribution in [1.82, 2.24) is 14.9 Å². The van der Waals surface area contributed by atoms with Crippen molar-refractivity contribution in [2.45, 2.75) is 24.8 Å². The molecule has 0 aromatic carbocycles. The third-order valence-corrected chi connectivity index (χ3v) is 4.88. The Morgan fingerprint density at radius 3 is 2.50 bits per heavy atom. The van der Waals surface area contributed by atoms with Crippen LogP contribution in [0.4, 0.5) is 28.2 Å². The summed E-state index contributed by atoms with van der Waals surface area (Å²) in [5.41, 5.74) is -0.360. The van der Waals surface area contributed by atoms with Crippen LogP contribution in [-0.2, 0) is 6.18 Å². The number of hydrogen-bond acceptors (Lipinski definition) is 6. The Bertz CT molecular complexity index is 998. The highest BCUT2D eigenvalue weighted by molar-refractivity contribution is 5.89. The molecule has 32 heavy (non-hydrogen) atoms. The number of amides is 2. The highest BCUT2D eigenvalue weighted by atomic mass is 19.4. The molecular weight excluding hydrogens is 436 g/mol. The topological polar surface area (TPSA) is 119 Å². The molecule has 2 aromatic heterocycles. The fourth-order valence-electron chi connectivity index (χ4n) is 3.07. The number of aromatic nitrogens is 2. The van der Waals surface area contributed by atoms with E-state index < -0.39 is 42.4 Å². The van der Waals surface area contributed by atoms with E-state index >= 15 is 0 Å². The molecule has 8 nitrogen and oxygen atoms in total. The van der Waals surface area contributed by atoms with Gasteiger partial charge in [0.1, 0.15) is 29.5 Å². The number of pyridine rings is 2. The highest BCUT2D eigenvalue weighted by Crippen LogP contribution is 2.29. The van der Waals surface area contributed by atoms with Gasteiger partial charge in [0.05, 0.1) is 12.2 Å². The predicted octanol–water partition coefficient (Wildman–Crippen LogP) is 2.34. The Hall–Kier alpha value is -3.09. The van der Waals surface area contributed by atoms with E-state index in [0.717, 1.165) is 18.2 Å². The maximum Gasteiger partial charge on any atom is 0.417 e. The standard InChI is InChI=1S/C20H20F4N4O4/c21-14-7-12(18(31)15(30)10-29)8-26-17(14)11-3-5-28(6-4-11)19(32)27-16-2-1-13(9-25-16)20(22,23)24/h1-3,7-9,15,18,29-31H,4-6,10H2,(H,25,27,32)/t15-,18-/m1/s1. The molecule has 0 spiro atoms. The van der Waals surface area contributed by atoms with Crippen molar-refractivity contribution in [1.29, 1.82) is 0 Å². The second kappa shape index (κ2) is 9.59. The second-order valence-electron chi connectivity index (χ2n) is 7.08. The quantitative estimate of drug-likeness (QED) is 0.513. The Morgan fingerprint density at radius 2 is 1.97 bits per heavy atom. The summed E-state index contributed by atoms with van der Waals surface area (Å²) >= 11 is 0. The fraction of sp³-hybridized carbons (Fsp3) is 0.350. The molecule has 2 amide bonds. The number of nitrogens with one attached hydrogen (secondary N) is 1. The first-order valence-corrected chi connectivity index (χ1v) is 9.51. The monoisotopic (exact) mass is 456 g/mol. The Balaban J connectivity index is 1.63. The first-order chi connectivity index (χ1) is 15.1. The number of aliphatic hydroxyl groups is 3. The third kappa shape index (κ3) is 5.39. The maximum absolute atomic E-state index is 14.5. The number of carbonyl (C=O) groups is 1. The lowest BCUT2D eigenvalue weighted by molar-refractivity contribution is -0.137. The van der Waals surface area contributed by atoms with E-state index in [-0.39, 0.29) is 36.6 Å². The smallest absolute Gasteiger partial charge is 0.394 e. The van der Waals surface area contributed by atoms with Crippen LogP contribution in [0.3, 0.4) is 0 Å². The Kier molecular flexibility index (Phi) is 7.06. The van der Waals surface area contributed by atoms with E-state index in [4.69, 9.17) is 5.11 Å². The molecule has 0 fully saturated rings. The molecule has 2 aromatic rings. The Morgan fingerprint density at radius 1 is 1.22 bits per heavy atom. The number of nitrogens with zero attached hydrogens (tertiary/aromatic N) is 3. The van der Waals surface area contributed by atoms with Gasteiger partial charge in [-0.25, -0.2) is 14.2 Å². The summed E-state index contributed by atoms with van der Waals surface area (Å²) in [6.45, 7) is -0.390. The van der Waals surface area contributed by atoms with Gasteiger partial charge < -0.3 is 20.2 Å². The van der Waals surface area contributed by atoms with Crippen molar-refractivity contribution >= 4 is 17.4 Å². The van der Waals surface area contributed by atoms with Gasteiger partial charge in [-0.05, 0) is 30.2 Å². The lowest BCUT2D eigenvalue weighted by atomic mass is 10.0. The lowest BCUT2D eigenvalue weighted by Gasteiger charge is -2.26. The molecule has 0 saturated carbocycles. The number of aliphatic hydroxyl groups excluding tert-OH is 3. The second-order valence-corrected chi connectivity index (χ2v) is 7.08. The summed E-state index contributed by atoms with van der Waals surface area (Å²) in [7, 11) is 0. The van der Waals surface area contributed by atoms with Crippen LogP contribution >= 0.6 is 0 Å². The van der Waals surface area contributed by atoms with Crippen LogP contribution in [0, 0.1) is 5.82 Å². The van der Waals surface area contributed by atoms with Gasteiger partial charge in [-0.15, -0.1) is 0 Å². The fourth-order valence-corrected chi connectivity index (χ4v) is 3.07. The summed E-state index contributed by atoms with van der Waals surface area (Å²) in [6.07, 6.45) is -3.82. The van der Waals surface area contributed by atoms with E-state index in [1.54, 1.807) is 6.08 Å². The van der Waals surface area contributed by atoms with E-state index in [2.05, 4.69) is 15.3 Å². The summed E-state index contributed by atoms with van der Waals surface area (Å²) in [6, 6.07) is 2.31. The van der Waals surface area contributed by atoms with E-state index in [0.29, 0.717) is 11.8 Å². The average molecular weight is 456 g/mol. The first-order valence-electron chi connectivity index (χ1n) is 9.51. The Labute approximate surface area is 179 Å². The number of halogens is 4. The predicted molar refractivity (Wildman–Crippen MR) is 105 cm³/mol. The number of alkyl halides is 3. The molecule has 2 atom stereocenters. The molecule has 1 aliphatic rings. The SMILES string of the molecule is O=C(Nc1ccc(C(F)(F)F)cn1)N1CC=C(c2ncc([C@@H](O)[C@H](O)CO)cc2F)CC1. The molecular formula is C20H20F4N4O4. The molecule has 4 N–H and O–H groups in total. The molecule has 0 saturated heterocycles. The molecule has 0 aliphatic carbocycles. The van der Waals surface area contributed by atoms with Gasteiger partial charge in [0, 0.05) is 31.0 Å². The largest absolute Gasteiger partial charge is 0.417 e. The zero-order valence-electron chi connectivity index (χ0n) is 16.6. The zero-order valence-corrected chi connectivity index (χ0v) is 16.6. The van der Waals surface area contributed by atoms with Gasteiger partial charge in [0.25, 0.3) is 0 Å². The van der Waals surface area contributed by atoms with Crippen LogP contribution in [0.5, 0.6) is 0 Å². The van der Waals surface area contributed by atoms with E-state index in [1.807, 2.05) is 0 Å². The summed E-state index contributed by atoms with van der Waals surface area (Å²) in [4.78, 5) is 21.3. The number of rotatable bonds is 5. The van der Waals surface area contributed by atoms with Crippen LogP contribution < -0.4 is 5.32 Å². The molecule has 1 aliphatic heterocycles. The van der Waals surface area contributed by atoms with Crippen molar-refractivity contribution < 1.29 is 37.7 Å². The van der Waals surface area contributed by atoms with Gasteiger partial charge >= 0.3 is 12.2 Å². The minimum absolute atomic E-state index is 0.00857. The van der Waals surface area contributed by atoms with Gasteiger partial charge in [-0.2, -0.15) is 13.2 Å². The van der Waals surface area contributed by atoms with Crippen molar-refractivity contribution in [3.8, 4) is 0 Å². The van der Waals surface area contributed by atoms with E-state index in [9.17, 15) is 32.6 Å². The van der Waals surface area contributed by atoms with Crippen LogP contribution in [0.15, 0.2) is 36.7 Å². The molecule has 0 unspecified atom stereocenters. The number of hydrogen-bond donors (Lipinski definition) is 4. The van der Waals surface area contributed by atoms with Gasteiger partial charge in [-0.3, -0.25) is 10.3 Å². The van der Waals surface area contributed by atoms with Gasteiger partial charge in [0.2, 0.25) is 0 Å². The highest BCUT2D eigenvalue weighted by Gasteiger charge is 2.31. The molecule has 0 bridgehead atoms. The molecule has 0 radical (unpaired) electrons. The average Bonchev–Trinajstić information content (AvgIpc) is 2.77. The van der Waals surface area contributed by atoms with Crippen LogP contribution in [-0.4, -0.2) is 62.0 Å². The summed E-state index contributed by atoms with van der Waals surface area (Å²) in [5, 5.41) is 30.6. The van der Waals surface area contributed by atoms with Crippen molar-refractivity contribution in [2.24, 2.45) is 0 Å². The molecule has 3 rings (SSSR count). The van der Waals surface area contributed by atoms with Gasteiger partial charge in [-0.1, -0.05) is 6.08 Å². The molecule has 3 heterocycles. The minimum Gasteiger partial charge on any atom is -0.394 e. The third-order valence-electron chi connectivity index (χ3n) is 4.88. The van der Waals surface area contributed by atoms with Crippen molar-refractivity contribution in [3.05, 3.63) is 59.3 Å².